The molecule has 1 N–H and O–H groups in total. The third-order valence-electron chi connectivity index (χ3n) is 4.52. The Morgan fingerprint density at radius 2 is 2.00 bits per heavy atom. The number of carbonyl (C=O) groups excluding carboxylic acids is 1. The molecule has 4 heteroatoms. The van der Waals surface area contributed by atoms with E-state index in [4.69, 9.17) is 23.2 Å². The van der Waals surface area contributed by atoms with Gasteiger partial charge in [-0.05, 0) is 56.7 Å². The van der Waals surface area contributed by atoms with Crippen LogP contribution in [-0.2, 0) is 4.79 Å². The lowest BCUT2D eigenvalue weighted by atomic mass is 9.73. The smallest absolute Gasteiger partial charge is 0.155 e. The molecule has 0 aromatic heterocycles. The van der Waals surface area contributed by atoms with E-state index in [2.05, 4.69) is 12.2 Å². The topological polar surface area (TPSA) is 29.1 Å². The standard InChI is InChI=1S/C16H21Cl2NO/c1-3-12-6-8-16(9-7-12,11(2)20)19-15-5-4-13(17)10-14(15)18/h4-5,10,12,19H,3,6-9H2,1-2H3. The first-order valence-corrected chi connectivity index (χ1v) is 7.97. The predicted molar refractivity (Wildman–Crippen MR) is 85.7 cm³/mol. The predicted octanol–water partition coefficient (Wildman–Crippen LogP) is 5.33. The fourth-order valence-corrected chi connectivity index (χ4v) is 3.45. The first kappa shape index (κ1) is 15.7. The van der Waals surface area contributed by atoms with E-state index in [0.717, 1.165) is 37.3 Å². The van der Waals surface area contributed by atoms with Crippen molar-refractivity contribution >= 4 is 34.7 Å². The lowest BCUT2D eigenvalue weighted by molar-refractivity contribution is -0.122. The van der Waals surface area contributed by atoms with E-state index in [0.29, 0.717) is 10.0 Å². The zero-order valence-electron chi connectivity index (χ0n) is 12.0. The van der Waals surface area contributed by atoms with Crippen LogP contribution in [0.1, 0.15) is 46.0 Å². The van der Waals surface area contributed by atoms with Gasteiger partial charge in [0.1, 0.15) is 0 Å². The molecule has 1 aromatic carbocycles. The highest BCUT2D eigenvalue weighted by Crippen LogP contribution is 2.38. The summed E-state index contributed by atoms with van der Waals surface area (Å²) in [4.78, 5) is 12.2. The van der Waals surface area contributed by atoms with Crippen molar-refractivity contribution in [1.82, 2.24) is 0 Å². The van der Waals surface area contributed by atoms with Crippen LogP contribution in [0.2, 0.25) is 10.0 Å². The Morgan fingerprint density at radius 3 is 2.50 bits per heavy atom. The number of rotatable bonds is 4. The van der Waals surface area contributed by atoms with Gasteiger partial charge in [0.05, 0.1) is 16.2 Å². The highest BCUT2D eigenvalue weighted by atomic mass is 35.5. The molecule has 0 atom stereocenters. The molecule has 0 spiro atoms. The molecule has 2 nitrogen and oxygen atoms in total. The molecule has 0 unspecified atom stereocenters. The van der Waals surface area contributed by atoms with Gasteiger partial charge in [-0.25, -0.2) is 0 Å². The molecule has 0 heterocycles. The molecular weight excluding hydrogens is 293 g/mol. The third-order valence-corrected chi connectivity index (χ3v) is 5.06. The van der Waals surface area contributed by atoms with Crippen molar-refractivity contribution in [3.05, 3.63) is 28.2 Å². The van der Waals surface area contributed by atoms with Crippen LogP contribution < -0.4 is 5.32 Å². The van der Waals surface area contributed by atoms with E-state index in [1.54, 1.807) is 19.1 Å². The Morgan fingerprint density at radius 1 is 1.35 bits per heavy atom. The summed E-state index contributed by atoms with van der Waals surface area (Å²) in [7, 11) is 0. The van der Waals surface area contributed by atoms with Crippen LogP contribution in [0.15, 0.2) is 18.2 Å². The Bertz CT molecular complexity index is 493. The average molecular weight is 314 g/mol. The molecule has 2 rings (SSSR count). The quantitative estimate of drug-likeness (QED) is 0.813. The van der Waals surface area contributed by atoms with Crippen molar-refractivity contribution in [3.63, 3.8) is 0 Å². The summed E-state index contributed by atoms with van der Waals surface area (Å²) in [6.45, 7) is 3.89. The molecule has 1 aromatic rings. The van der Waals surface area contributed by atoms with Crippen LogP contribution in [0.3, 0.4) is 0 Å². The zero-order valence-corrected chi connectivity index (χ0v) is 13.5. The van der Waals surface area contributed by atoms with Gasteiger partial charge in [-0.3, -0.25) is 4.79 Å². The second-order valence-corrected chi connectivity index (χ2v) is 6.58. The van der Waals surface area contributed by atoms with E-state index in [9.17, 15) is 4.79 Å². The highest BCUT2D eigenvalue weighted by Gasteiger charge is 2.39. The number of hydrogen-bond donors (Lipinski definition) is 1. The summed E-state index contributed by atoms with van der Waals surface area (Å²) in [6, 6.07) is 5.35. The van der Waals surface area contributed by atoms with Crippen LogP contribution in [0.4, 0.5) is 5.69 Å². The number of nitrogens with one attached hydrogen (secondary N) is 1. The summed E-state index contributed by atoms with van der Waals surface area (Å²) >= 11 is 12.1. The van der Waals surface area contributed by atoms with Gasteiger partial charge in [-0.15, -0.1) is 0 Å². The van der Waals surface area contributed by atoms with Gasteiger partial charge >= 0.3 is 0 Å². The van der Waals surface area contributed by atoms with E-state index in [-0.39, 0.29) is 5.78 Å². The number of halogens is 2. The SMILES string of the molecule is CCC1CCC(Nc2ccc(Cl)cc2Cl)(C(C)=O)CC1. The van der Waals surface area contributed by atoms with Crippen LogP contribution in [0, 0.1) is 5.92 Å². The van der Waals surface area contributed by atoms with Gasteiger partial charge in [-0.1, -0.05) is 36.5 Å². The summed E-state index contributed by atoms with van der Waals surface area (Å²) in [6.07, 6.45) is 5.12. The molecule has 110 valence electrons. The van der Waals surface area contributed by atoms with Crippen molar-refractivity contribution in [1.29, 1.82) is 0 Å². The molecule has 0 amide bonds. The Balaban J connectivity index is 2.20. The van der Waals surface area contributed by atoms with Gasteiger partial charge in [0.2, 0.25) is 0 Å². The number of hydrogen-bond acceptors (Lipinski definition) is 2. The minimum Gasteiger partial charge on any atom is -0.372 e. The first-order chi connectivity index (χ1) is 9.47. The number of anilines is 1. The molecule has 0 bridgehead atoms. The molecular formula is C16H21Cl2NO. The summed E-state index contributed by atoms with van der Waals surface area (Å²) < 4.78 is 0. The second kappa shape index (κ2) is 6.36. The van der Waals surface area contributed by atoms with Crippen molar-refractivity contribution in [2.24, 2.45) is 5.92 Å². The minimum absolute atomic E-state index is 0.193. The van der Waals surface area contributed by atoms with E-state index in [1.165, 1.54) is 6.42 Å². The van der Waals surface area contributed by atoms with Crippen molar-refractivity contribution in [2.45, 2.75) is 51.5 Å². The second-order valence-electron chi connectivity index (χ2n) is 5.74. The average Bonchev–Trinajstić information content (AvgIpc) is 2.42. The molecule has 1 aliphatic rings. The van der Waals surface area contributed by atoms with Crippen molar-refractivity contribution in [2.75, 3.05) is 5.32 Å². The zero-order chi connectivity index (χ0) is 14.8. The molecule has 0 saturated heterocycles. The van der Waals surface area contributed by atoms with Crippen molar-refractivity contribution in [3.8, 4) is 0 Å². The normalized spacial score (nSPS) is 26.3. The molecule has 1 aliphatic carbocycles. The van der Waals surface area contributed by atoms with Gasteiger partial charge in [0.15, 0.2) is 5.78 Å². The number of benzene rings is 1. The maximum absolute atomic E-state index is 12.2. The maximum Gasteiger partial charge on any atom is 0.155 e. The minimum atomic E-state index is -0.469. The molecule has 0 aliphatic heterocycles. The molecule has 20 heavy (non-hydrogen) atoms. The van der Waals surface area contributed by atoms with Gasteiger partial charge < -0.3 is 5.32 Å². The molecule has 0 radical (unpaired) electrons. The summed E-state index contributed by atoms with van der Waals surface area (Å²) in [5, 5.41) is 4.56. The highest BCUT2D eigenvalue weighted by molar-refractivity contribution is 6.36. The van der Waals surface area contributed by atoms with Crippen LogP contribution in [0.25, 0.3) is 0 Å². The van der Waals surface area contributed by atoms with E-state index >= 15 is 0 Å². The summed E-state index contributed by atoms with van der Waals surface area (Å²) in [5.41, 5.74) is 0.324. The Labute approximate surface area is 130 Å². The Hall–Kier alpha value is -0.730. The van der Waals surface area contributed by atoms with Gasteiger partial charge in [0, 0.05) is 5.02 Å². The van der Waals surface area contributed by atoms with Crippen LogP contribution in [0.5, 0.6) is 0 Å². The van der Waals surface area contributed by atoms with E-state index in [1.807, 2.05) is 6.07 Å². The summed E-state index contributed by atoms with van der Waals surface area (Å²) in [5.74, 6) is 0.933. The van der Waals surface area contributed by atoms with E-state index < -0.39 is 5.54 Å². The third kappa shape index (κ3) is 3.29. The Kier molecular flexibility index (Phi) is 4.98. The fraction of sp³-hybridized carbons (Fsp3) is 0.562. The molecule has 1 saturated carbocycles. The maximum atomic E-state index is 12.2. The number of ketones is 1. The fourth-order valence-electron chi connectivity index (χ4n) is 2.99. The monoisotopic (exact) mass is 313 g/mol. The number of carbonyl (C=O) groups is 1. The lowest BCUT2D eigenvalue weighted by Gasteiger charge is -2.39. The first-order valence-electron chi connectivity index (χ1n) is 7.21. The largest absolute Gasteiger partial charge is 0.372 e. The lowest BCUT2D eigenvalue weighted by Crippen LogP contribution is -2.48. The van der Waals surface area contributed by atoms with Gasteiger partial charge in [0.25, 0.3) is 0 Å². The number of Topliss-reactive ketones (excluding diaryl/α,β-unsaturated/α-hetero) is 1. The molecule has 1 fully saturated rings. The van der Waals surface area contributed by atoms with Crippen LogP contribution in [-0.4, -0.2) is 11.3 Å². The van der Waals surface area contributed by atoms with Crippen molar-refractivity contribution < 1.29 is 4.79 Å². The van der Waals surface area contributed by atoms with Gasteiger partial charge in [-0.2, -0.15) is 0 Å². The van der Waals surface area contributed by atoms with Crippen LogP contribution >= 0.6 is 23.2 Å².